The minimum absolute atomic E-state index is 0.544. The fourth-order valence-electron chi connectivity index (χ4n) is 1.76. The molecule has 13 heavy (non-hydrogen) atoms. The van der Waals surface area contributed by atoms with Crippen molar-refractivity contribution in [1.82, 2.24) is 0 Å². The van der Waals surface area contributed by atoms with Gasteiger partial charge >= 0.3 is 0 Å². The van der Waals surface area contributed by atoms with E-state index < -0.39 is 0 Å². The molecule has 1 aliphatic rings. The van der Waals surface area contributed by atoms with Gasteiger partial charge in [-0.15, -0.1) is 0 Å². The monoisotopic (exact) mass is 173 g/mol. The Labute approximate surface area is 79.5 Å². The molecule has 1 atom stereocenters. The maximum atomic E-state index is 3.49. The molecule has 0 fully saturated rings. The van der Waals surface area contributed by atoms with E-state index in [2.05, 4.69) is 42.6 Å². The summed E-state index contributed by atoms with van der Waals surface area (Å²) in [6.45, 7) is 2.20. The summed E-state index contributed by atoms with van der Waals surface area (Å²) in [7, 11) is 0. The van der Waals surface area contributed by atoms with Crippen molar-refractivity contribution in [2.24, 2.45) is 0 Å². The van der Waals surface area contributed by atoms with E-state index in [0.717, 1.165) is 0 Å². The zero-order valence-electron chi connectivity index (χ0n) is 7.96. The van der Waals surface area contributed by atoms with Gasteiger partial charge in [-0.3, -0.25) is 0 Å². The molecule has 0 spiro atoms. The predicted molar refractivity (Wildman–Crippen MR) is 56.8 cm³/mol. The van der Waals surface area contributed by atoms with Crippen molar-refractivity contribution in [3.05, 3.63) is 42.0 Å². The molecule has 2 rings (SSSR count). The number of hydrogen-bond donors (Lipinski definition) is 1. The third kappa shape index (κ3) is 2.11. The van der Waals surface area contributed by atoms with Gasteiger partial charge in [0.25, 0.3) is 0 Å². The van der Waals surface area contributed by atoms with Gasteiger partial charge in [0.15, 0.2) is 0 Å². The van der Waals surface area contributed by atoms with E-state index in [9.17, 15) is 0 Å². The number of nitrogens with one attached hydrogen (secondary N) is 1. The van der Waals surface area contributed by atoms with E-state index in [1.54, 1.807) is 0 Å². The minimum atomic E-state index is 0.544. The number of hydrogen-bond acceptors (Lipinski definition) is 1. The number of allylic oxidation sites excluding steroid dienone is 1. The van der Waals surface area contributed by atoms with Gasteiger partial charge in [0.05, 0.1) is 0 Å². The Bertz CT molecular complexity index is 300. The van der Waals surface area contributed by atoms with Gasteiger partial charge in [-0.2, -0.15) is 0 Å². The van der Waals surface area contributed by atoms with Crippen molar-refractivity contribution in [2.75, 3.05) is 5.32 Å². The van der Waals surface area contributed by atoms with Gasteiger partial charge < -0.3 is 5.32 Å². The van der Waals surface area contributed by atoms with Crippen LogP contribution in [0.15, 0.2) is 42.0 Å². The summed E-state index contributed by atoms with van der Waals surface area (Å²) in [6, 6.07) is 10.9. The molecule has 1 nitrogen and oxygen atoms in total. The zero-order valence-corrected chi connectivity index (χ0v) is 7.96. The van der Waals surface area contributed by atoms with E-state index >= 15 is 0 Å². The maximum absolute atomic E-state index is 3.49. The van der Waals surface area contributed by atoms with Gasteiger partial charge in [-0.05, 0) is 31.9 Å². The van der Waals surface area contributed by atoms with E-state index in [1.165, 1.54) is 24.1 Å². The Balaban J connectivity index is 2.00. The molecule has 1 heteroatoms. The van der Waals surface area contributed by atoms with Crippen LogP contribution in [0.4, 0.5) is 5.69 Å². The second kappa shape index (κ2) is 3.65. The van der Waals surface area contributed by atoms with Crippen LogP contribution in [0.25, 0.3) is 0 Å². The van der Waals surface area contributed by atoms with Crippen LogP contribution in [-0.4, -0.2) is 6.04 Å². The Hall–Kier alpha value is -1.24. The highest BCUT2D eigenvalue weighted by atomic mass is 14.9. The second-order valence-electron chi connectivity index (χ2n) is 3.67. The maximum Gasteiger partial charge on any atom is 0.0449 e. The van der Waals surface area contributed by atoms with E-state index in [4.69, 9.17) is 0 Å². The fraction of sp³-hybridized carbons (Fsp3) is 0.333. The predicted octanol–water partition coefficient (Wildman–Crippen LogP) is 3.21. The van der Waals surface area contributed by atoms with Crippen LogP contribution in [0.1, 0.15) is 19.8 Å². The van der Waals surface area contributed by atoms with Gasteiger partial charge in [-0.25, -0.2) is 0 Å². The smallest absolute Gasteiger partial charge is 0.0449 e. The summed E-state index contributed by atoms with van der Waals surface area (Å²) in [5, 5.41) is 3.49. The van der Waals surface area contributed by atoms with Crippen LogP contribution >= 0.6 is 0 Å². The normalized spacial score (nSPS) is 21.3. The molecular weight excluding hydrogens is 158 g/mol. The van der Waals surface area contributed by atoms with Gasteiger partial charge in [0.1, 0.15) is 0 Å². The van der Waals surface area contributed by atoms with Gasteiger partial charge in [-0.1, -0.05) is 29.8 Å². The average molecular weight is 173 g/mol. The molecular formula is C12H15N. The first-order chi connectivity index (χ1) is 6.34. The van der Waals surface area contributed by atoms with Crippen molar-refractivity contribution in [3.8, 4) is 0 Å². The molecule has 0 bridgehead atoms. The van der Waals surface area contributed by atoms with Crippen LogP contribution in [0.2, 0.25) is 0 Å². The summed E-state index contributed by atoms with van der Waals surface area (Å²) >= 11 is 0. The molecule has 0 aromatic heterocycles. The molecule has 0 aliphatic heterocycles. The molecule has 68 valence electrons. The molecule has 0 saturated carbocycles. The number of rotatable bonds is 2. The molecule has 0 radical (unpaired) electrons. The molecule has 1 aliphatic carbocycles. The first kappa shape index (κ1) is 8.36. The van der Waals surface area contributed by atoms with Crippen LogP contribution < -0.4 is 5.32 Å². The lowest BCUT2D eigenvalue weighted by Gasteiger charge is -2.11. The Kier molecular flexibility index (Phi) is 2.35. The van der Waals surface area contributed by atoms with Crippen molar-refractivity contribution < 1.29 is 0 Å². The first-order valence-electron chi connectivity index (χ1n) is 4.83. The largest absolute Gasteiger partial charge is 0.379 e. The number of para-hydroxylation sites is 1. The third-order valence-corrected chi connectivity index (χ3v) is 2.46. The van der Waals surface area contributed by atoms with Gasteiger partial charge in [0, 0.05) is 11.7 Å². The summed E-state index contributed by atoms with van der Waals surface area (Å²) in [6.07, 6.45) is 4.80. The number of anilines is 1. The quantitative estimate of drug-likeness (QED) is 0.677. The Morgan fingerprint density at radius 1 is 1.23 bits per heavy atom. The van der Waals surface area contributed by atoms with Gasteiger partial charge in [0.2, 0.25) is 0 Å². The summed E-state index contributed by atoms with van der Waals surface area (Å²) in [4.78, 5) is 0. The van der Waals surface area contributed by atoms with Crippen molar-refractivity contribution in [2.45, 2.75) is 25.8 Å². The van der Waals surface area contributed by atoms with Crippen LogP contribution in [0.3, 0.4) is 0 Å². The van der Waals surface area contributed by atoms with E-state index in [1.807, 2.05) is 6.07 Å². The molecule has 0 heterocycles. The highest BCUT2D eigenvalue weighted by Crippen LogP contribution is 2.20. The molecule has 1 unspecified atom stereocenters. The van der Waals surface area contributed by atoms with Crippen molar-refractivity contribution in [3.63, 3.8) is 0 Å². The molecule has 1 aromatic carbocycles. The van der Waals surface area contributed by atoms with E-state index in [0.29, 0.717) is 6.04 Å². The SMILES string of the molecule is CC1=CC(Nc2ccccc2)CC1. The lowest BCUT2D eigenvalue weighted by Crippen LogP contribution is -2.12. The fourth-order valence-corrected chi connectivity index (χ4v) is 1.76. The minimum Gasteiger partial charge on any atom is -0.379 e. The van der Waals surface area contributed by atoms with Crippen LogP contribution in [-0.2, 0) is 0 Å². The van der Waals surface area contributed by atoms with Crippen molar-refractivity contribution in [1.29, 1.82) is 0 Å². The lowest BCUT2D eigenvalue weighted by molar-refractivity contribution is 0.817. The first-order valence-corrected chi connectivity index (χ1v) is 4.83. The Morgan fingerprint density at radius 3 is 2.62 bits per heavy atom. The van der Waals surface area contributed by atoms with Crippen molar-refractivity contribution >= 4 is 5.69 Å². The van der Waals surface area contributed by atoms with Crippen LogP contribution in [0, 0.1) is 0 Å². The lowest BCUT2D eigenvalue weighted by atomic mass is 10.2. The second-order valence-corrected chi connectivity index (χ2v) is 3.67. The topological polar surface area (TPSA) is 12.0 Å². The zero-order chi connectivity index (χ0) is 9.10. The van der Waals surface area contributed by atoms with Crippen LogP contribution in [0.5, 0.6) is 0 Å². The summed E-state index contributed by atoms with van der Waals surface area (Å²) < 4.78 is 0. The average Bonchev–Trinajstić information content (AvgIpc) is 2.53. The molecule has 1 aromatic rings. The number of benzene rings is 1. The summed E-state index contributed by atoms with van der Waals surface area (Å²) in [5.41, 5.74) is 2.73. The highest BCUT2D eigenvalue weighted by molar-refractivity contribution is 5.45. The summed E-state index contributed by atoms with van der Waals surface area (Å²) in [5.74, 6) is 0. The third-order valence-electron chi connectivity index (χ3n) is 2.46. The molecule has 0 amide bonds. The standard InChI is InChI=1S/C12H15N/c1-10-7-8-12(9-10)13-11-5-3-2-4-6-11/h2-6,9,12-13H,7-8H2,1H3. The molecule has 0 saturated heterocycles. The Morgan fingerprint density at radius 2 is 2.00 bits per heavy atom. The highest BCUT2D eigenvalue weighted by Gasteiger charge is 2.11. The van der Waals surface area contributed by atoms with E-state index in [-0.39, 0.29) is 0 Å². The molecule has 1 N–H and O–H groups in total.